The molecule has 0 aliphatic rings. The van der Waals surface area contributed by atoms with E-state index in [1.165, 1.54) is 12.1 Å². The molecule has 2 rings (SSSR count). The van der Waals surface area contributed by atoms with Gasteiger partial charge in [-0.3, -0.25) is 19.5 Å². The normalized spacial score (nSPS) is 11.3. The summed E-state index contributed by atoms with van der Waals surface area (Å²) >= 11 is 5.46. The van der Waals surface area contributed by atoms with Gasteiger partial charge in [0.2, 0.25) is 5.95 Å². The van der Waals surface area contributed by atoms with Gasteiger partial charge in [0.1, 0.15) is 10.7 Å². The molecule has 138 valence electrons. The zero-order valence-electron chi connectivity index (χ0n) is 13.5. The number of hydrogen-bond acceptors (Lipinski definition) is 5. The first-order valence-corrected chi connectivity index (χ1v) is 7.39. The van der Waals surface area contributed by atoms with Crippen molar-refractivity contribution < 1.29 is 18.1 Å². The van der Waals surface area contributed by atoms with E-state index in [9.17, 15) is 28.1 Å². The Morgan fingerprint density at radius 1 is 1.35 bits per heavy atom. The van der Waals surface area contributed by atoms with Crippen LogP contribution in [0.4, 0.5) is 30.5 Å². The van der Waals surface area contributed by atoms with E-state index in [1.807, 2.05) is 0 Å². The molecule has 0 spiro atoms. The second kappa shape index (κ2) is 6.79. The average Bonchev–Trinajstić information content (AvgIpc) is 2.52. The Labute approximate surface area is 149 Å². The minimum atomic E-state index is -4.98. The van der Waals surface area contributed by atoms with Gasteiger partial charge in [-0.15, -0.1) is 0 Å². The molecule has 11 heteroatoms. The fourth-order valence-corrected chi connectivity index (χ4v) is 2.37. The summed E-state index contributed by atoms with van der Waals surface area (Å²) in [6.07, 6.45) is -4.08. The molecule has 0 bridgehead atoms. The summed E-state index contributed by atoms with van der Waals surface area (Å²) in [6, 6.07) is 2.63. The number of anilines is 2. The lowest BCUT2D eigenvalue weighted by molar-refractivity contribution is -0.384. The molecule has 1 aromatic carbocycles. The summed E-state index contributed by atoms with van der Waals surface area (Å²) in [5.41, 5.74) is -2.06. The van der Waals surface area contributed by atoms with Gasteiger partial charge in [-0.25, -0.2) is 4.98 Å². The van der Waals surface area contributed by atoms with Crippen LogP contribution in [0.1, 0.15) is 16.8 Å². The van der Waals surface area contributed by atoms with Gasteiger partial charge in [0, 0.05) is 12.3 Å². The van der Waals surface area contributed by atoms with E-state index in [0.29, 0.717) is 15.7 Å². The van der Waals surface area contributed by atoms with Crippen molar-refractivity contribution in [3.8, 4) is 0 Å². The number of aromatic nitrogens is 2. The first kappa shape index (κ1) is 19.4. The quantitative estimate of drug-likeness (QED) is 0.623. The zero-order chi connectivity index (χ0) is 19.8. The van der Waals surface area contributed by atoms with Crippen molar-refractivity contribution in [3.63, 3.8) is 0 Å². The van der Waals surface area contributed by atoms with Crippen molar-refractivity contribution in [2.75, 3.05) is 5.32 Å². The maximum atomic E-state index is 13.1. The van der Waals surface area contributed by atoms with Gasteiger partial charge in [0.15, 0.2) is 5.69 Å². The molecule has 0 saturated carbocycles. The number of nitro groups is 1. The molecule has 0 fully saturated rings. The Morgan fingerprint density at radius 3 is 2.42 bits per heavy atom. The van der Waals surface area contributed by atoms with Crippen LogP contribution in [0.3, 0.4) is 0 Å². The van der Waals surface area contributed by atoms with E-state index in [2.05, 4.69) is 16.9 Å². The maximum Gasteiger partial charge on any atom is 0.435 e. The Kier molecular flexibility index (Phi) is 5.08. The van der Waals surface area contributed by atoms with Gasteiger partial charge in [-0.2, -0.15) is 13.2 Å². The molecule has 0 amide bonds. The van der Waals surface area contributed by atoms with Crippen LogP contribution in [-0.2, 0) is 6.18 Å². The van der Waals surface area contributed by atoms with E-state index in [-0.39, 0.29) is 11.4 Å². The molecular weight excluding hydrogens is 377 g/mol. The molecule has 0 aliphatic heterocycles. The lowest BCUT2D eigenvalue weighted by Crippen LogP contribution is -2.25. The molecule has 0 unspecified atom stereocenters. The number of nitrogens with one attached hydrogen (secondary N) is 1. The average molecular weight is 389 g/mol. The van der Waals surface area contributed by atoms with Crippen LogP contribution >= 0.6 is 11.6 Å². The van der Waals surface area contributed by atoms with Gasteiger partial charge in [-0.1, -0.05) is 18.2 Å². The first-order valence-electron chi connectivity index (χ1n) is 7.01. The second-order valence-electron chi connectivity index (χ2n) is 5.29. The number of alkyl halides is 3. The van der Waals surface area contributed by atoms with E-state index in [4.69, 9.17) is 11.6 Å². The van der Waals surface area contributed by atoms with Crippen LogP contribution < -0.4 is 10.9 Å². The van der Waals surface area contributed by atoms with Crippen molar-refractivity contribution in [1.82, 2.24) is 9.55 Å². The molecule has 2 aromatic rings. The first-order chi connectivity index (χ1) is 12.0. The van der Waals surface area contributed by atoms with E-state index < -0.39 is 33.3 Å². The fraction of sp³-hybridized carbons (Fsp3) is 0.200. The SMILES string of the molecule is C=Cn1c(Nc2cc(C)c(C)cc2[N+](=O)[O-])nc(C(F)(F)F)c(Cl)c1=O. The molecule has 1 aromatic heterocycles. The molecule has 0 atom stereocenters. The van der Waals surface area contributed by atoms with Crippen molar-refractivity contribution in [1.29, 1.82) is 0 Å². The lowest BCUT2D eigenvalue weighted by Gasteiger charge is -2.15. The number of hydrogen-bond donors (Lipinski definition) is 1. The molecule has 0 aliphatic carbocycles. The minimum absolute atomic E-state index is 0.129. The smallest absolute Gasteiger partial charge is 0.319 e. The van der Waals surface area contributed by atoms with E-state index >= 15 is 0 Å². The number of nitrogens with zero attached hydrogens (tertiary/aromatic N) is 3. The minimum Gasteiger partial charge on any atom is -0.319 e. The summed E-state index contributed by atoms with van der Waals surface area (Å²) in [7, 11) is 0. The number of nitro benzene ring substituents is 1. The standard InChI is InChI=1S/C15H12ClF3N4O3/c1-4-22-13(24)11(16)12(15(17,18)19)21-14(22)20-9-5-7(2)8(3)6-10(9)23(25)26/h4-6H,1H2,2-3H3,(H,20,21). The highest BCUT2D eigenvalue weighted by molar-refractivity contribution is 6.31. The summed E-state index contributed by atoms with van der Waals surface area (Å²) in [5.74, 6) is -0.604. The van der Waals surface area contributed by atoms with Gasteiger partial charge in [-0.05, 0) is 31.0 Å². The van der Waals surface area contributed by atoms with Gasteiger partial charge in [0.05, 0.1) is 4.92 Å². The summed E-state index contributed by atoms with van der Waals surface area (Å²) in [6.45, 7) is 6.64. The van der Waals surface area contributed by atoms with Crippen LogP contribution in [-0.4, -0.2) is 14.5 Å². The molecule has 1 heterocycles. The summed E-state index contributed by atoms with van der Waals surface area (Å²) in [4.78, 5) is 25.9. The second-order valence-corrected chi connectivity index (χ2v) is 5.67. The van der Waals surface area contributed by atoms with E-state index in [1.54, 1.807) is 13.8 Å². The highest BCUT2D eigenvalue weighted by Gasteiger charge is 2.38. The Hall–Kier alpha value is -2.88. The van der Waals surface area contributed by atoms with Crippen LogP contribution in [0.5, 0.6) is 0 Å². The maximum absolute atomic E-state index is 13.1. The Bertz CT molecular complexity index is 970. The lowest BCUT2D eigenvalue weighted by atomic mass is 10.1. The zero-order valence-corrected chi connectivity index (χ0v) is 14.3. The summed E-state index contributed by atoms with van der Waals surface area (Å²) in [5, 5.41) is 12.5. The van der Waals surface area contributed by atoms with Crippen molar-refractivity contribution in [3.05, 3.63) is 61.0 Å². The number of aryl methyl sites for hydroxylation is 2. The largest absolute Gasteiger partial charge is 0.435 e. The Balaban J connectivity index is 2.73. The van der Waals surface area contributed by atoms with E-state index in [0.717, 1.165) is 6.20 Å². The van der Waals surface area contributed by atoms with Gasteiger partial charge in [0.25, 0.3) is 11.2 Å². The number of benzene rings is 1. The molecule has 1 N–H and O–H groups in total. The highest BCUT2D eigenvalue weighted by atomic mass is 35.5. The van der Waals surface area contributed by atoms with Crippen molar-refractivity contribution >= 4 is 35.1 Å². The monoisotopic (exact) mass is 388 g/mol. The summed E-state index contributed by atoms with van der Waals surface area (Å²) < 4.78 is 39.8. The topological polar surface area (TPSA) is 90.1 Å². The predicted molar refractivity (Wildman–Crippen MR) is 90.7 cm³/mol. The van der Waals surface area contributed by atoms with Crippen LogP contribution in [0, 0.1) is 24.0 Å². The molecule has 0 radical (unpaired) electrons. The third-order valence-corrected chi connectivity index (χ3v) is 3.91. The van der Waals surface area contributed by atoms with Crippen LogP contribution in [0.15, 0.2) is 23.5 Å². The third-order valence-electron chi connectivity index (χ3n) is 3.57. The van der Waals surface area contributed by atoms with Crippen molar-refractivity contribution in [2.24, 2.45) is 0 Å². The van der Waals surface area contributed by atoms with Crippen LogP contribution in [0.25, 0.3) is 6.20 Å². The molecule has 26 heavy (non-hydrogen) atoms. The van der Waals surface area contributed by atoms with Crippen molar-refractivity contribution in [2.45, 2.75) is 20.0 Å². The fourth-order valence-electron chi connectivity index (χ4n) is 2.13. The molecular formula is C15H12ClF3N4O3. The van der Waals surface area contributed by atoms with Crippen LogP contribution in [0.2, 0.25) is 5.02 Å². The predicted octanol–water partition coefficient (Wildman–Crippen LogP) is 4.28. The third kappa shape index (κ3) is 3.54. The number of halogens is 4. The highest BCUT2D eigenvalue weighted by Crippen LogP contribution is 2.34. The van der Waals surface area contributed by atoms with Gasteiger partial charge < -0.3 is 5.32 Å². The van der Waals surface area contributed by atoms with Gasteiger partial charge >= 0.3 is 6.18 Å². The number of rotatable bonds is 4. The molecule has 7 nitrogen and oxygen atoms in total. The Morgan fingerprint density at radius 2 is 1.92 bits per heavy atom. The molecule has 0 saturated heterocycles.